The number of ketones is 1. The van der Waals surface area contributed by atoms with Crippen molar-refractivity contribution in [1.29, 1.82) is 0 Å². The summed E-state index contributed by atoms with van der Waals surface area (Å²) in [6.45, 7) is 4.25. The topological polar surface area (TPSA) is 134 Å². The normalized spacial score (nSPS) is 16.3. The number of hydrogen-bond acceptors (Lipinski definition) is 7. The SMILES string of the molecule is COC(=O)[C@H](Cc1ccccc1)NC(=O)[C@@H](NC(=O)[C@H](Cc1ccccc1)NC(=O)[C@@H]1CCCCN1CC(=O)c1ccc2ccccc2c1)C(C)C. The van der Waals surface area contributed by atoms with Crippen molar-refractivity contribution >= 4 is 40.2 Å². The second-order valence-electron chi connectivity index (χ2n) is 13.7. The molecule has 3 amide bonds. The Kier molecular flexibility index (Phi) is 13.3. The highest BCUT2D eigenvalue weighted by atomic mass is 16.5. The van der Waals surface area contributed by atoms with Gasteiger partial charge in [0.2, 0.25) is 17.7 Å². The van der Waals surface area contributed by atoms with Gasteiger partial charge in [-0.15, -0.1) is 0 Å². The number of nitrogens with one attached hydrogen (secondary N) is 3. The first-order valence-electron chi connectivity index (χ1n) is 18.0. The fourth-order valence-corrected chi connectivity index (χ4v) is 6.68. The molecule has 272 valence electrons. The lowest BCUT2D eigenvalue weighted by Gasteiger charge is -2.35. The standard InChI is InChI=1S/C42H48N4O6/c1-28(2)38(41(50)44-35(42(51)52-3)25-30-16-8-5-9-17-30)45-39(48)34(24-29-14-6-4-7-15-29)43-40(49)36-20-12-13-23-46(36)27-37(47)33-22-21-31-18-10-11-19-32(31)26-33/h4-11,14-19,21-22,26,28,34-36,38H,12-13,20,23-25,27H2,1-3H3,(H,43,49)(H,44,50)(H,45,48)/t34-,35-,36-,38-/m0/s1. The molecule has 0 unspecified atom stereocenters. The van der Waals surface area contributed by atoms with Gasteiger partial charge in [0, 0.05) is 18.4 Å². The number of hydrogen-bond donors (Lipinski definition) is 3. The molecule has 0 bridgehead atoms. The van der Waals surface area contributed by atoms with Crippen LogP contribution in [0.3, 0.4) is 0 Å². The number of fused-ring (bicyclic) bond motifs is 1. The van der Waals surface area contributed by atoms with E-state index in [1.807, 2.05) is 108 Å². The van der Waals surface area contributed by atoms with Crippen LogP contribution in [0.4, 0.5) is 0 Å². The molecular formula is C42H48N4O6. The van der Waals surface area contributed by atoms with Crippen LogP contribution < -0.4 is 16.0 Å². The highest BCUT2D eigenvalue weighted by Crippen LogP contribution is 2.21. The van der Waals surface area contributed by atoms with E-state index < -0.39 is 42.0 Å². The number of likely N-dealkylation sites (tertiary alicyclic amines) is 1. The molecule has 0 spiro atoms. The first kappa shape index (κ1) is 37.9. The fourth-order valence-electron chi connectivity index (χ4n) is 6.68. The molecule has 1 aliphatic rings. The number of carbonyl (C=O) groups excluding carboxylic acids is 5. The van der Waals surface area contributed by atoms with Gasteiger partial charge >= 0.3 is 5.97 Å². The number of amides is 3. The number of rotatable bonds is 15. The molecule has 4 aromatic carbocycles. The highest BCUT2D eigenvalue weighted by molar-refractivity contribution is 6.01. The Hall–Kier alpha value is -5.35. The van der Waals surface area contributed by atoms with Crippen molar-refractivity contribution < 1.29 is 28.7 Å². The Labute approximate surface area is 305 Å². The second-order valence-corrected chi connectivity index (χ2v) is 13.7. The summed E-state index contributed by atoms with van der Waals surface area (Å²) in [6, 6.07) is 28.5. The molecule has 1 fully saturated rings. The predicted octanol–water partition coefficient (Wildman–Crippen LogP) is 4.65. The number of carbonyl (C=O) groups is 5. The van der Waals surface area contributed by atoms with E-state index in [2.05, 4.69) is 16.0 Å². The Balaban J connectivity index is 1.30. The van der Waals surface area contributed by atoms with Crippen LogP contribution in [0.25, 0.3) is 10.8 Å². The van der Waals surface area contributed by atoms with Crippen LogP contribution in [0.1, 0.15) is 54.6 Å². The minimum absolute atomic E-state index is 0.0753. The maximum atomic E-state index is 14.0. The third-order valence-electron chi connectivity index (χ3n) is 9.58. The Morgan fingerprint density at radius 2 is 1.33 bits per heavy atom. The molecule has 1 aliphatic heterocycles. The lowest BCUT2D eigenvalue weighted by molar-refractivity contribution is -0.145. The molecule has 0 aliphatic carbocycles. The minimum atomic E-state index is -1.01. The number of esters is 1. The molecule has 0 saturated carbocycles. The third-order valence-corrected chi connectivity index (χ3v) is 9.58. The van der Waals surface area contributed by atoms with Gasteiger partial charge in [0.1, 0.15) is 18.1 Å². The molecule has 1 saturated heterocycles. The Morgan fingerprint density at radius 3 is 1.96 bits per heavy atom. The Bertz CT molecular complexity index is 1850. The van der Waals surface area contributed by atoms with Crippen molar-refractivity contribution in [3.63, 3.8) is 0 Å². The smallest absolute Gasteiger partial charge is 0.328 e. The van der Waals surface area contributed by atoms with Crippen molar-refractivity contribution in [2.75, 3.05) is 20.2 Å². The maximum absolute atomic E-state index is 14.0. The van der Waals surface area contributed by atoms with Crippen molar-refractivity contribution in [3.05, 3.63) is 120 Å². The number of Topliss-reactive ketones (excluding diaryl/α,β-unsaturated/α-hetero) is 1. The van der Waals surface area contributed by atoms with Crippen molar-refractivity contribution in [1.82, 2.24) is 20.9 Å². The van der Waals surface area contributed by atoms with Crippen LogP contribution in [0.5, 0.6) is 0 Å². The molecule has 4 aromatic rings. The maximum Gasteiger partial charge on any atom is 0.328 e. The quantitative estimate of drug-likeness (QED) is 0.121. The lowest BCUT2D eigenvalue weighted by atomic mass is 9.97. The van der Waals surface area contributed by atoms with Gasteiger partial charge in [-0.05, 0) is 53.3 Å². The lowest BCUT2D eigenvalue weighted by Crippen LogP contribution is -2.60. The zero-order valence-electron chi connectivity index (χ0n) is 30.0. The first-order valence-corrected chi connectivity index (χ1v) is 18.0. The van der Waals surface area contributed by atoms with Crippen LogP contribution in [-0.4, -0.2) is 78.7 Å². The van der Waals surface area contributed by atoms with Gasteiger partial charge in [-0.25, -0.2) is 4.79 Å². The van der Waals surface area contributed by atoms with E-state index in [1.54, 1.807) is 13.8 Å². The summed E-state index contributed by atoms with van der Waals surface area (Å²) in [6.07, 6.45) is 2.61. The van der Waals surface area contributed by atoms with Crippen molar-refractivity contribution in [2.45, 2.75) is 70.1 Å². The van der Waals surface area contributed by atoms with Crippen molar-refractivity contribution in [2.24, 2.45) is 5.92 Å². The van der Waals surface area contributed by atoms with E-state index in [-0.39, 0.29) is 37.0 Å². The average Bonchev–Trinajstić information content (AvgIpc) is 3.16. The summed E-state index contributed by atoms with van der Waals surface area (Å²) in [7, 11) is 1.26. The molecule has 0 radical (unpaired) electrons. The van der Waals surface area contributed by atoms with E-state index in [0.29, 0.717) is 18.5 Å². The number of nitrogens with zero attached hydrogens (tertiary/aromatic N) is 1. The number of benzene rings is 4. The second kappa shape index (κ2) is 18.2. The van der Waals surface area contributed by atoms with Crippen LogP contribution in [-0.2, 0) is 36.8 Å². The molecular weight excluding hydrogens is 656 g/mol. The molecule has 10 heteroatoms. The zero-order valence-corrected chi connectivity index (χ0v) is 30.0. The van der Waals surface area contributed by atoms with Crippen LogP contribution in [0.15, 0.2) is 103 Å². The van der Waals surface area contributed by atoms with Gasteiger partial charge in [-0.1, -0.05) is 117 Å². The van der Waals surface area contributed by atoms with Crippen LogP contribution in [0, 0.1) is 5.92 Å². The fraction of sp³-hybridized carbons (Fsp3) is 0.357. The molecule has 0 aromatic heterocycles. The van der Waals surface area contributed by atoms with Crippen molar-refractivity contribution in [3.8, 4) is 0 Å². The molecule has 1 heterocycles. The molecule has 4 atom stereocenters. The van der Waals surface area contributed by atoms with Gasteiger partial charge < -0.3 is 20.7 Å². The van der Waals surface area contributed by atoms with Gasteiger partial charge in [0.05, 0.1) is 19.7 Å². The van der Waals surface area contributed by atoms with Crippen LogP contribution >= 0.6 is 0 Å². The monoisotopic (exact) mass is 704 g/mol. The van der Waals surface area contributed by atoms with E-state index in [1.165, 1.54) is 7.11 Å². The van der Waals surface area contributed by atoms with Gasteiger partial charge in [0.25, 0.3) is 0 Å². The zero-order chi connectivity index (χ0) is 37.0. The molecule has 10 nitrogen and oxygen atoms in total. The van der Waals surface area contributed by atoms with E-state index in [0.717, 1.165) is 34.7 Å². The molecule has 3 N–H and O–H groups in total. The van der Waals surface area contributed by atoms with E-state index in [4.69, 9.17) is 4.74 Å². The number of piperidine rings is 1. The Morgan fingerprint density at radius 1 is 0.712 bits per heavy atom. The average molecular weight is 705 g/mol. The summed E-state index contributed by atoms with van der Waals surface area (Å²) in [5, 5.41) is 10.6. The molecule has 52 heavy (non-hydrogen) atoms. The number of methoxy groups -OCH3 is 1. The first-order chi connectivity index (χ1) is 25.1. The summed E-state index contributed by atoms with van der Waals surface area (Å²) in [5.41, 5.74) is 2.25. The third kappa shape index (κ3) is 10.1. The van der Waals surface area contributed by atoms with E-state index in [9.17, 15) is 24.0 Å². The minimum Gasteiger partial charge on any atom is -0.467 e. The van der Waals surface area contributed by atoms with Gasteiger partial charge in [-0.2, -0.15) is 0 Å². The highest BCUT2D eigenvalue weighted by Gasteiger charge is 2.35. The summed E-state index contributed by atoms with van der Waals surface area (Å²) in [5.74, 6) is -2.43. The van der Waals surface area contributed by atoms with Crippen LogP contribution in [0.2, 0.25) is 0 Å². The molecule has 5 rings (SSSR count). The van der Waals surface area contributed by atoms with Gasteiger partial charge in [-0.3, -0.25) is 24.1 Å². The summed E-state index contributed by atoms with van der Waals surface area (Å²) >= 11 is 0. The largest absolute Gasteiger partial charge is 0.467 e. The summed E-state index contributed by atoms with van der Waals surface area (Å²) < 4.78 is 4.97. The summed E-state index contributed by atoms with van der Waals surface area (Å²) in [4.78, 5) is 69.8. The predicted molar refractivity (Wildman–Crippen MR) is 200 cm³/mol. The van der Waals surface area contributed by atoms with E-state index >= 15 is 0 Å². The number of ether oxygens (including phenoxy) is 1. The van der Waals surface area contributed by atoms with Gasteiger partial charge in [0.15, 0.2) is 5.78 Å².